The summed E-state index contributed by atoms with van der Waals surface area (Å²) in [5.74, 6) is 0.772. The fourth-order valence-electron chi connectivity index (χ4n) is 1.55. The summed E-state index contributed by atoms with van der Waals surface area (Å²) in [6, 6.07) is 0.127. The molecule has 0 spiro atoms. The summed E-state index contributed by atoms with van der Waals surface area (Å²) in [6.07, 6.45) is 13.6. The van der Waals surface area contributed by atoms with E-state index in [4.69, 9.17) is 0 Å². The van der Waals surface area contributed by atoms with Gasteiger partial charge in [0.25, 0.3) is 0 Å². The third kappa shape index (κ3) is 1.04. The zero-order valence-corrected chi connectivity index (χ0v) is 7.41. The lowest BCUT2D eigenvalue weighted by atomic mass is 10.0. The number of hydrogen-bond acceptors (Lipinski definition) is 3. The average molecular weight is 184 g/mol. The summed E-state index contributed by atoms with van der Waals surface area (Å²) in [5, 5.41) is 7.76. The Hall–Kier alpha value is -1.97. The molecule has 0 amide bonds. The molecule has 0 fully saturated rings. The highest BCUT2D eigenvalue weighted by molar-refractivity contribution is 5.78. The second-order valence-electron chi connectivity index (χ2n) is 3.19. The first-order chi connectivity index (χ1) is 6.93. The van der Waals surface area contributed by atoms with E-state index in [1.54, 1.807) is 12.5 Å². The molecule has 1 aromatic heterocycles. The molecule has 0 aromatic carbocycles. The van der Waals surface area contributed by atoms with Crippen molar-refractivity contribution in [2.24, 2.45) is 4.99 Å². The van der Waals surface area contributed by atoms with Crippen molar-refractivity contribution in [3.8, 4) is 0 Å². The molecule has 4 heteroatoms. The zero-order valence-electron chi connectivity index (χ0n) is 7.41. The summed E-state index contributed by atoms with van der Waals surface area (Å²) in [6.45, 7) is 0. The van der Waals surface area contributed by atoms with Crippen LogP contribution in [0.1, 0.15) is 5.82 Å². The van der Waals surface area contributed by atoms with Gasteiger partial charge in [0.15, 0.2) is 5.82 Å². The third-order valence-electron chi connectivity index (χ3n) is 2.27. The van der Waals surface area contributed by atoms with Gasteiger partial charge in [0.2, 0.25) is 0 Å². The van der Waals surface area contributed by atoms with Crippen LogP contribution in [-0.2, 0) is 0 Å². The monoisotopic (exact) mass is 184 g/mol. The molecule has 14 heavy (non-hydrogen) atoms. The van der Waals surface area contributed by atoms with Crippen molar-refractivity contribution < 1.29 is 0 Å². The van der Waals surface area contributed by atoms with E-state index in [-0.39, 0.29) is 6.04 Å². The zero-order chi connectivity index (χ0) is 9.38. The Bertz CT molecular complexity index is 476. The van der Waals surface area contributed by atoms with Gasteiger partial charge in [-0.25, -0.2) is 0 Å². The van der Waals surface area contributed by atoms with Crippen LogP contribution < -0.4 is 0 Å². The highest BCUT2D eigenvalue weighted by Crippen LogP contribution is 2.18. The van der Waals surface area contributed by atoms with Gasteiger partial charge in [0.05, 0.1) is 12.3 Å². The number of fused-ring (bicyclic) bond motifs is 2. The van der Waals surface area contributed by atoms with E-state index in [0.717, 1.165) is 11.4 Å². The molecule has 0 N–H and O–H groups in total. The quantitative estimate of drug-likeness (QED) is 0.604. The minimum absolute atomic E-state index is 0.127. The van der Waals surface area contributed by atoms with Gasteiger partial charge in [-0.2, -0.15) is 0 Å². The largest absolute Gasteiger partial charge is 0.287 e. The van der Waals surface area contributed by atoms with E-state index in [2.05, 4.69) is 27.3 Å². The van der Waals surface area contributed by atoms with E-state index in [0.29, 0.717) is 0 Å². The molecule has 2 aliphatic rings. The summed E-state index contributed by atoms with van der Waals surface area (Å²) >= 11 is 0. The van der Waals surface area contributed by atoms with E-state index in [9.17, 15) is 0 Å². The van der Waals surface area contributed by atoms with Crippen LogP contribution in [0, 0.1) is 0 Å². The highest BCUT2D eigenvalue weighted by Gasteiger charge is 2.13. The molecule has 0 bridgehead atoms. The fraction of sp³-hybridized carbons (Fsp3) is 0.100. The van der Waals surface area contributed by atoms with Gasteiger partial charge in [-0.15, -0.1) is 10.2 Å². The molecule has 1 aromatic rings. The Balaban J connectivity index is 2.17. The predicted molar refractivity (Wildman–Crippen MR) is 54.0 cm³/mol. The van der Waals surface area contributed by atoms with Crippen LogP contribution in [0.2, 0.25) is 0 Å². The summed E-state index contributed by atoms with van der Waals surface area (Å²) in [7, 11) is 0. The van der Waals surface area contributed by atoms with Crippen LogP contribution >= 0.6 is 0 Å². The maximum absolute atomic E-state index is 4.40. The molecule has 1 atom stereocenters. The van der Waals surface area contributed by atoms with Crippen molar-refractivity contribution in [1.82, 2.24) is 14.8 Å². The number of nitrogens with zero attached hydrogens (tertiary/aromatic N) is 4. The van der Waals surface area contributed by atoms with Crippen molar-refractivity contribution in [2.75, 3.05) is 0 Å². The average Bonchev–Trinajstić information content (AvgIpc) is 2.58. The van der Waals surface area contributed by atoms with Crippen molar-refractivity contribution in [3.05, 3.63) is 42.0 Å². The van der Waals surface area contributed by atoms with Crippen molar-refractivity contribution in [1.29, 1.82) is 0 Å². The third-order valence-corrected chi connectivity index (χ3v) is 2.27. The van der Waals surface area contributed by atoms with Gasteiger partial charge < -0.3 is 0 Å². The normalized spacial score (nSPS) is 22.6. The minimum Gasteiger partial charge on any atom is -0.287 e. The van der Waals surface area contributed by atoms with Crippen molar-refractivity contribution in [3.63, 3.8) is 0 Å². The fourth-order valence-corrected chi connectivity index (χ4v) is 1.55. The minimum atomic E-state index is 0.127. The lowest BCUT2D eigenvalue weighted by Crippen LogP contribution is -2.04. The van der Waals surface area contributed by atoms with Crippen LogP contribution in [0.3, 0.4) is 0 Å². The number of aromatic nitrogens is 3. The molecule has 1 aliphatic heterocycles. The molecule has 0 radical (unpaired) electrons. The molecule has 1 unspecified atom stereocenters. The molecule has 0 saturated carbocycles. The Morgan fingerprint density at radius 2 is 2.29 bits per heavy atom. The lowest BCUT2D eigenvalue weighted by molar-refractivity contribution is 0.980. The maximum atomic E-state index is 4.40. The summed E-state index contributed by atoms with van der Waals surface area (Å²) < 4.78 is 1.88. The smallest absolute Gasteiger partial charge is 0.178 e. The molecular weight excluding hydrogens is 176 g/mol. The first-order valence-corrected chi connectivity index (χ1v) is 4.43. The SMILES string of the molecule is C1=CC2=Cn3cnnc3C=NC2C=C1. The summed E-state index contributed by atoms with van der Waals surface area (Å²) in [5.41, 5.74) is 1.15. The van der Waals surface area contributed by atoms with Crippen LogP contribution in [0.4, 0.5) is 0 Å². The van der Waals surface area contributed by atoms with Gasteiger partial charge in [-0.3, -0.25) is 9.56 Å². The molecule has 68 valence electrons. The second-order valence-corrected chi connectivity index (χ2v) is 3.19. The van der Waals surface area contributed by atoms with Crippen LogP contribution in [0.25, 0.3) is 6.20 Å². The first kappa shape index (κ1) is 7.44. The predicted octanol–water partition coefficient (Wildman–Crippen LogP) is 1.05. The van der Waals surface area contributed by atoms with Gasteiger partial charge in [-0.1, -0.05) is 24.3 Å². The Morgan fingerprint density at radius 3 is 3.29 bits per heavy atom. The number of hydrogen-bond donors (Lipinski definition) is 0. The lowest BCUT2D eigenvalue weighted by Gasteiger charge is -2.09. The molecular formula is C10H8N4. The van der Waals surface area contributed by atoms with Crippen LogP contribution in [0.15, 0.2) is 41.2 Å². The van der Waals surface area contributed by atoms with Crippen molar-refractivity contribution >= 4 is 12.4 Å². The molecule has 0 saturated heterocycles. The molecule has 3 rings (SSSR count). The van der Waals surface area contributed by atoms with E-state index >= 15 is 0 Å². The van der Waals surface area contributed by atoms with E-state index < -0.39 is 0 Å². The maximum Gasteiger partial charge on any atom is 0.178 e. The van der Waals surface area contributed by atoms with Crippen LogP contribution in [0.5, 0.6) is 0 Å². The van der Waals surface area contributed by atoms with Crippen molar-refractivity contribution in [2.45, 2.75) is 6.04 Å². The van der Waals surface area contributed by atoms with Gasteiger partial charge in [0.1, 0.15) is 6.33 Å². The van der Waals surface area contributed by atoms with E-state index in [1.807, 2.05) is 22.9 Å². The summed E-state index contributed by atoms with van der Waals surface area (Å²) in [4.78, 5) is 4.40. The first-order valence-electron chi connectivity index (χ1n) is 4.43. The topological polar surface area (TPSA) is 43.1 Å². The van der Waals surface area contributed by atoms with Crippen LogP contribution in [-0.4, -0.2) is 27.0 Å². The van der Waals surface area contributed by atoms with E-state index in [1.165, 1.54) is 0 Å². The van der Waals surface area contributed by atoms with Gasteiger partial charge >= 0.3 is 0 Å². The number of allylic oxidation sites excluding steroid dienone is 2. The van der Waals surface area contributed by atoms with Gasteiger partial charge in [0, 0.05) is 6.20 Å². The Morgan fingerprint density at radius 1 is 1.29 bits per heavy atom. The highest BCUT2D eigenvalue weighted by atomic mass is 15.3. The number of rotatable bonds is 0. The Labute approximate surface area is 81.0 Å². The Kier molecular flexibility index (Phi) is 1.47. The number of aliphatic imine (C=N–C) groups is 1. The molecule has 1 aliphatic carbocycles. The standard InChI is InChI=1S/C10H8N4/c1-2-4-9-8(3-1)6-14-7-12-13-10(14)5-11-9/h1-7,9H. The second kappa shape index (κ2) is 2.77. The molecule has 4 nitrogen and oxygen atoms in total. The van der Waals surface area contributed by atoms with Gasteiger partial charge in [-0.05, 0) is 5.57 Å². The molecule has 2 heterocycles.